The van der Waals surface area contributed by atoms with E-state index in [4.69, 9.17) is 4.74 Å². The molecule has 0 aliphatic carbocycles. The number of rotatable bonds is 4. The molecule has 0 N–H and O–H groups in total. The number of nitrogens with zero attached hydrogens (tertiary/aromatic N) is 2. The van der Waals surface area contributed by atoms with Gasteiger partial charge in [-0.15, -0.1) is 0 Å². The molecule has 1 atom stereocenters. The number of hydrogen-bond donors (Lipinski definition) is 0. The summed E-state index contributed by atoms with van der Waals surface area (Å²) < 4.78 is 6.94. The normalized spacial score (nSPS) is 15.9. The minimum Gasteiger partial charge on any atom is -0.481 e. The van der Waals surface area contributed by atoms with E-state index in [1.807, 2.05) is 54.3 Å². The van der Waals surface area contributed by atoms with Gasteiger partial charge in [0.2, 0.25) is 0 Å². The molecule has 24 heavy (non-hydrogen) atoms. The van der Waals surface area contributed by atoms with E-state index in [-0.39, 0.29) is 5.91 Å². The van der Waals surface area contributed by atoms with Crippen LogP contribution in [-0.4, -0.2) is 43.1 Å². The van der Waals surface area contributed by atoms with Crippen LogP contribution in [0.25, 0.3) is 0 Å². The molecule has 0 bridgehead atoms. The summed E-state index contributed by atoms with van der Waals surface area (Å²) in [6, 6.07) is 18.1. The van der Waals surface area contributed by atoms with Crippen LogP contribution in [0, 0.1) is 3.57 Å². The zero-order valence-corrected chi connectivity index (χ0v) is 15.8. The Morgan fingerprint density at radius 1 is 1.00 bits per heavy atom. The van der Waals surface area contributed by atoms with Crippen LogP contribution in [0.3, 0.4) is 0 Å². The highest BCUT2D eigenvalue weighted by Crippen LogP contribution is 2.18. The summed E-state index contributed by atoms with van der Waals surface area (Å²) in [4.78, 5) is 16.8. The summed E-state index contributed by atoms with van der Waals surface area (Å²) in [7, 11) is 0. The zero-order valence-electron chi connectivity index (χ0n) is 13.7. The molecule has 1 unspecified atom stereocenters. The summed E-state index contributed by atoms with van der Waals surface area (Å²) in [6.07, 6.45) is -0.465. The van der Waals surface area contributed by atoms with Crippen molar-refractivity contribution in [2.24, 2.45) is 0 Å². The van der Waals surface area contributed by atoms with Crippen LogP contribution < -0.4 is 9.64 Å². The van der Waals surface area contributed by atoms with Crippen molar-refractivity contribution in [2.75, 3.05) is 31.1 Å². The molecule has 1 heterocycles. The van der Waals surface area contributed by atoms with Crippen LogP contribution in [0.4, 0.5) is 5.69 Å². The lowest BCUT2D eigenvalue weighted by molar-refractivity contribution is -0.138. The molecule has 1 fully saturated rings. The third kappa shape index (κ3) is 4.20. The van der Waals surface area contributed by atoms with E-state index in [0.717, 1.165) is 35.5 Å². The molecule has 3 rings (SSSR count). The van der Waals surface area contributed by atoms with Crippen LogP contribution >= 0.6 is 22.6 Å². The second-order valence-electron chi connectivity index (χ2n) is 5.86. The van der Waals surface area contributed by atoms with Gasteiger partial charge in [-0.1, -0.05) is 18.2 Å². The molecule has 2 aromatic rings. The second kappa shape index (κ2) is 7.88. The first-order valence-corrected chi connectivity index (χ1v) is 9.22. The fraction of sp³-hybridized carbons (Fsp3) is 0.316. The molecular formula is C19H21IN2O2. The smallest absolute Gasteiger partial charge is 0.263 e. The Hall–Kier alpha value is -1.76. The van der Waals surface area contributed by atoms with E-state index < -0.39 is 6.10 Å². The Morgan fingerprint density at radius 2 is 1.62 bits per heavy atom. The topological polar surface area (TPSA) is 32.8 Å². The van der Waals surface area contributed by atoms with E-state index in [0.29, 0.717) is 0 Å². The lowest BCUT2D eigenvalue weighted by Gasteiger charge is -2.37. The van der Waals surface area contributed by atoms with Gasteiger partial charge in [0.15, 0.2) is 6.10 Å². The number of piperazine rings is 1. The van der Waals surface area contributed by atoms with Crippen molar-refractivity contribution in [3.05, 3.63) is 58.2 Å². The van der Waals surface area contributed by atoms with Crippen molar-refractivity contribution in [3.63, 3.8) is 0 Å². The van der Waals surface area contributed by atoms with Crippen molar-refractivity contribution in [2.45, 2.75) is 13.0 Å². The quantitative estimate of drug-likeness (QED) is 0.689. The number of ether oxygens (including phenoxy) is 1. The molecule has 0 aromatic heterocycles. The van der Waals surface area contributed by atoms with Gasteiger partial charge in [-0.25, -0.2) is 0 Å². The molecule has 0 spiro atoms. The van der Waals surface area contributed by atoms with E-state index in [1.54, 1.807) is 0 Å². The van der Waals surface area contributed by atoms with Gasteiger partial charge >= 0.3 is 0 Å². The number of anilines is 1. The van der Waals surface area contributed by atoms with Gasteiger partial charge in [-0.05, 0) is 65.9 Å². The first-order valence-electron chi connectivity index (χ1n) is 8.14. The predicted octanol–water partition coefficient (Wildman–Crippen LogP) is 3.41. The first-order chi connectivity index (χ1) is 11.6. The maximum Gasteiger partial charge on any atom is 0.263 e. The Morgan fingerprint density at radius 3 is 2.25 bits per heavy atom. The monoisotopic (exact) mass is 436 g/mol. The van der Waals surface area contributed by atoms with Crippen LogP contribution in [-0.2, 0) is 4.79 Å². The Labute approximate surface area is 156 Å². The van der Waals surface area contributed by atoms with Crippen molar-refractivity contribution in [3.8, 4) is 5.75 Å². The van der Waals surface area contributed by atoms with Crippen LogP contribution in [0.5, 0.6) is 5.75 Å². The largest absolute Gasteiger partial charge is 0.481 e. The highest BCUT2D eigenvalue weighted by atomic mass is 127. The molecule has 5 heteroatoms. The fourth-order valence-corrected chi connectivity index (χ4v) is 3.21. The summed E-state index contributed by atoms with van der Waals surface area (Å²) in [5, 5.41) is 0. The molecule has 1 aliphatic rings. The molecule has 0 saturated carbocycles. The van der Waals surface area contributed by atoms with Gasteiger partial charge in [0.05, 0.1) is 0 Å². The van der Waals surface area contributed by atoms with E-state index in [1.165, 1.54) is 5.69 Å². The van der Waals surface area contributed by atoms with E-state index in [9.17, 15) is 4.79 Å². The molecule has 1 amide bonds. The number of halogens is 1. The van der Waals surface area contributed by atoms with Crippen LogP contribution in [0.15, 0.2) is 54.6 Å². The second-order valence-corrected chi connectivity index (χ2v) is 7.11. The minimum atomic E-state index is -0.465. The molecule has 2 aromatic carbocycles. The SMILES string of the molecule is CC(Oc1ccc(I)cc1)C(=O)N1CCN(c2ccccc2)CC1. The van der Waals surface area contributed by atoms with E-state index >= 15 is 0 Å². The predicted molar refractivity (Wildman–Crippen MR) is 104 cm³/mol. The van der Waals surface area contributed by atoms with Gasteiger partial charge in [-0.2, -0.15) is 0 Å². The van der Waals surface area contributed by atoms with Crippen LogP contribution in [0.1, 0.15) is 6.92 Å². The average Bonchev–Trinajstić information content (AvgIpc) is 2.64. The standard InChI is InChI=1S/C19H21IN2O2/c1-15(24-18-9-7-16(20)8-10-18)19(23)22-13-11-21(12-14-22)17-5-3-2-4-6-17/h2-10,15H,11-14H2,1H3. The van der Waals surface area contributed by atoms with Gasteiger partial charge in [0.1, 0.15) is 5.75 Å². The summed E-state index contributed by atoms with van der Waals surface area (Å²) in [5.41, 5.74) is 1.22. The summed E-state index contributed by atoms with van der Waals surface area (Å²) >= 11 is 2.25. The van der Waals surface area contributed by atoms with Gasteiger partial charge in [0, 0.05) is 35.4 Å². The molecule has 1 aliphatic heterocycles. The Kier molecular flexibility index (Phi) is 5.60. The fourth-order valence-electron chi connectivity index (χ4n) is 2.85. The number of amides is 1. The number of carbonyl (C=O) groups excluding carboxylic acids is 1. The van der Waals surface area contributed by atoms with Gasteiger partial charge in [-0.3, -0.25) is 4.79 Å². The maximum absolute atomic E-state index is 12.6. The minimum absolute atomic E-state index is 0.0567. The maximum atomic E-state index is 12.6. The third-order valence-corrected chi connectivity index (χ3v) is 4.91. The molecule has 4 nitrogen and oxygen atoms in total. The number of hydrogen-bond acceptors (Lipinski definition) is 3. The van der Waals surface area contributed by atoms with Crippen molar-refractivity contribution in [1.29, 1.82) is 0 Å². The van der Waals surface area contributed by atoms with Gasteiger partial charge in [0.25, 0.3) is 5.91 Å². The summed E-state index contributed by atoms with van der Waals surface area (Å²) in [5.74, 6) is 0.792. The third-order valence-electron chi connectivity index (χ3n) is 4.19. The molecule has 0 radical (unpaired) electrons. The Balaban J connectivity index is 1.53. The number of carbonyl (C=O) groups is 1. The zero-order chi connectivity index (χ0) is 16.9. The molecule has 126 valence electrons. The lowest BCUT2D eigenvalue weighted by Crippen LogP contribution is -2.52. The van der Waals surface area contributed by atoms with E-state index in [2.05, 4.69) is 39.6 Å². The Bertz CT molecular complexity index is 668. The van der Waals surface area contributed by atoms with Crippen LogP contribution in [0.2, 0.25) is 0 Å². The highest BCUT2D eigenvalue weighted by molar-refractivity contribution is 14.1. The lowest BCUT2D eigenvalue weighted by atomic mass is 10.2. The highest BCUT2D eigenvalue weighted by Gasteiger charge is 2.26. The number of benzene rings is 2. The van der Waals surface area contributed by atoms with Crippen molar-refractivity contribution in [1.82, 2.24) is 4.90 Å². The number of para-hydroxylation sites is 1. The van der Waals surface area contributed by atoms with Crippen molar-refractivity contribution >= 4 is 34.2 Å². The van der Waals surface area contributed by atoms with Gasteiger partial charge < -0.3 is 14.5 Å². The first kappa shape index (κ1) is 17.1. The summed E-state index contributed by atoms with van der Waals surface area (Å²) in [6.45, 7) is 4.99. The molecular weight excluding hydrogens is 415 g/mol. The van der Waals surface area contributed by atoms with Crippen molar-refractivity contribution < 1.29 is 9.53 Å². The molecule has 1 saturated heterocycles. The average molecular weight is 436 g/mol.